The minimum atomic E-state index is 0.0776. The summed E-state index contributed by atoms with van der Waals surface area (Å²) in [6.45, 7) is 8.16. The zero-order valence-corrected chi connectivity index (χ0v) is 17.3. The van der Waals surface area contributed by atoms with Crippen LogP contribution >= 0.6 is 11.3 Å². The Morgan fingerprint density at radius 2 is 2.07 bits per heavy atom. The molecule has 0 bridgehead atoms. The van der Waals surface area contributed by atoms with Crippen LogP contribution in [-0.2, 0) is 11.2 Å². The fraction of sp³-hybridized carbons (Fsp3) is 0.600. The molecule has 4 heterocycles. The number of fused-ring (bicyclic) bond motifs is 1. The number of aryl methyl sites for hydroxylation is 1. The average molecular weight is 402 g/mol. The van der Waals surface area contributed by atoms with Crippen molar-refractivity contribution < 1.29 is 9.53 Å². The molecule has 4 rings (SSSR count). The Bertz CT molecular complexity index is 810. The van der Waals surface area contributed by atoms with Crippen LogP contribution in [0.5, 0.6) is 0 Å². The molecule has 0 aromatic carbocycles. The zero-order chi connectivity index (χ0) is 19.5. The molecule has 2 fully saturated rings. The lowest BCUT2D eigenvalue weighted by molar-refractivity contribution is -0.0776. The number of nitrogens with zero attached hydrogens (tertiary/aromatic N) is 5. The van der Waals surface area contributed by atoms with Crippen LogP contribution in [0.1, 0.15) is 42.1 Å². The van der Waals surface area contributed by atoms with Crippen molar-refractivity contribution in [3.63, 3.8) is 0 Å². The van der Waals surface area contributed by atoms with Crippen molar-refractivity contribution in [2.45, 2.75) is 45.2 Å². The van der Waals surface area contributed by atoms with E-state index in [9.17, 15) is 4.79 Å². The summed E-state index contributed by atoms with van der Waals surface area (Å²) in [5, 5.41) is 0.712. The Morgan fingerprint density at radius 1 is 1.25 bits per heavy atom. The van der Waals surface area contributed by atoms with E-state index in [4.69, 9.17) is 4.74 Å². The van der Waals surface area contributed by atoms with Gasteiger partial charge in [-0.05, 0) is 18.9 Å². The van der Waals surface area contributed by atoms with Gasteiger partial charge in [0.05, 0.1) is 24.9 Å². The van der Waals surface area contributed by atoms with Gasteiger partial charge in [0.15, 0.2) is 10.8 Å². The molecule has 2 aromatic heterocycles. The smallest absolute Gasteiger partial charge is 0.265 e. The van der Waals surface area contributed by atoms with Crippen molar-refractivity contribution in [1.82, 2.24) is 24.8 Å². The molecule has 2 aliphatic rings. The molecule has 0 unspecified atom stereocenters. The molecule has 2 aromatic rings. The number of hydrogen-bond donors (Lipinski definition) is 0. The van der Waals surface area contributed by atoms with Crippen molar-refractivity contribution in [2.24, 2.45) is 0 Å². The van der Waals surface area contributed by atoms with Gasteiger partial charge in [-0.1, -0.05) is 20.3 Å². The highest BCUT2D eigenvalue weighted by Crippen LogP contribution is 2.29. The molecule has 8 heteroatoms. The SMILES string of the molecule is CCC[C@H]1COC[C@H]2CN(C(=O)c3sc(-c4ncccn4)nc3CC)CCN12. The van der Waals surface area contributed by atoms with E-state index in [1.807, 2.05) is 11.8 Å². The minimum absolute atomic E-state index is 0.0776. The molecular formula is C20H27N5O2S. The summed E-state index contributed by atoms with van der Waals surface area (Å²) >= 11 is 1.40. The number of rotatable bonds is 5. The lowest BCUT2D eigenvalue weighted by Crippen LogP contribution is -2.62. The summed E-state index contributed by atoms with van der Waals surface area (Å²) in [6, 6.07) is 2.55. The average Bonchev–Trinajstić information content (AvgIpc) is 3.18. The fourth-order valence-electron chi connectivity index (χ4n) is 4.11. The standard InChI is InChI=1S/C20H27N5O2S/c1-3-6-14-12-27-13-15-11-24(9-10-25(14)15)20(26)17-16(4-2)23-19(28-17)18-21-7-5-8-22-18/h5,7-8,14-15H,3-4,6,9-13H2,1-2H3/t14-,15+/m0/s1. The number of carbonyl (C=O) groups excluding carboxylic acids is 1. The quantitative estimate of drug-likeness (QED) is 0.767. The van der Waals surface area contributed by atoms with Crippen molar-refractivity contribution >= 4 is 17.2 Å². The Hall–Kier alpha value is -1.90. The molecule has 28 heavy (non-hydrogen) atoms. The van der Waals surface area contributed by atoms with Crippen LogP contribution in [-0.4, -0.2) is 75.6 Å². The molecule has 2 aliphatic heterocycles. The van der Waals surface area contributed by atoms with Crippen molar-refractivity contribution in [1.29, 1.82) is 0 Å². The summed E-state index contributed by atoms with van der Waals surface area (Å²) in [6.07, 6.45) is 6.43. The van der Waals surface area contributed by atoms with Gasteiger partial charge in [-0.2, -0.15) is 0 Å². The number of amides is 1. The van der Waals surface area contributed by atoms with Crippen LogP contribution < -0.4 is 0 Å². The summed E-state index contributed by atoms with van der Waals surface area (Å²) in [5.41, 5.74) is 0.837. The number of thiazole rings is 1. The van der Waals surface area contributed by atoms with E-state index < -0.39 is 0 Å². The molecule has 2 atom stereocenters. The third-order valence-corrected chi connectivity index (χ3v) is 6.59. The van der Waals surface area contributed by atoms with E-state index in [0.717, 1.165) is 56.1 Å². The van der Waals surface area contributed by atoms with Gasteiger partial charge in [-0.3, -0.25) is 9.69 Å². The van der Waals surface area contributed by atoms with E-state index in [1.54, 1.807) is 18.5 Å². The second kappa shape index (κ2) is 8.63. The zero-order valence-electron chi connectivity index (χ0n) is 16.5. The molecule has 0 spiro atoms. The lowest BCUT2D eigenvalue weighted by Gasteiger charge is -2.48. The molecule has 7 nitrogen and oxygen atoms in total. The fourth-order valence-corrected chi connectivity index (χ4v) is 5.18. The number of hydrogen-bond acceptors (Lipinski definition) is 7. The van der Waals surface area contributed by atoms with Crippen molar-refractivity contribution in [2.75, 3.05) is 32.8 Å². The van der Waals surface area contributed by atoms with E-state index in [1.165, 1.54) is 11.3 Å². The summed E-state index contributed by atoms with van der Waals surface area (Å²) in [4.78, 5) is 31.7. The van der Waals surface area contributed by atoms with Gasteiger partial charge in [0.1, 0.15) is 4.88 Å². The number of piperazine rings is 1. The first-order valence-electron chi connectivity index (χ1n) is 10.1. The molecule has 0 radical (unpaired) electrons. The van der Waals surface area contributed by atoms with E-state index >= 15 is 0 Å². The maximum Gasteiger partial charge on any atom is 0.265 e. The maximum absolute atomic E-state index is 13.3. The van der Waals surface area contributed by atoms with Crippen molar-refractivity contribution in [3.8, 4) is 10.8 Å². The van der Waals surface area contributed by atoms with E-state index in [-0.39, 0.29) is 11.9 Å². The van der Waals surface area contributed by atoms with Gasteiger partial charge in [-0.25, -0.2) is 15.0 Å². The van der Waals surface area contributed by atoms with Crippen LogP contribution in [0.3, 0.4) is 0 Å². The predicted molar refractivity (Wildman–Crippen MR) is 108 cm³/mol. The normalized spacial score (nSPS) is 22.9. The topological polar surface area (TPSA) is 71.5 Å². The third-order valence-electron chi connectivity index (χ3n) is 5.51. The molecule has 150 valence electrons. The first kappa shape index (κ1) is 19.4. The summed E-state index contributed by atoms with van der Waals surface area (Å²) in [7, 11) is 0. The second-order valence-electron chi connectivity index (χ2n) is 7.34. The molecule has 0 aliphatic carbocycles. The Kier molecular flexibility index (Phi) is 5.99. The van der Waals surface area contributed by atoms with Gasteiger partial charge < -0.3 is 9.64 Å². The Labute approximate surface area is 169 Å². The van der Waals surface area contributed by atoms with Gasteiger partial charge in [0.25, 0.3) is 5.91 Å². The highest BCUT2D eigenvalue weighted by molar-refractivity contribution is 7.17. The Morgan fingerprint density at radius 3 is 2.82 bits per heavy atom. The highest BCUT2D eigenvalue weighted by Gasteiger charge is 2.37. The van der Waals surface area contributed by atoms with Crippen LogP contribution in [0, 0.1) is 0 Å². The molecule has 0 saturated carbocycles. The molecular weight excluding hydrogens is 374 g/mol. The van der Waals surface area contributed by atoms with Crippen LogP contribution in [0.4, 0.5) is 0 Å². The summed E-state index contributed by atoms with van der Waals surface area (Å²) < 4.78 is 5.84. The number of ether oxygens (including phenoxy) is 1. The van der Waals surface area contributed by atoms with E-state index in [2.05, 4.69) is 26.8 Å². The van der Waals surface area contributed by atoms with Gasteiger partial charge in [0.2, 0.25) is 0 Å². The van der Waals surface area contributed by atoms with Crippen molar-refractivity contribution in [3.05, 3.63) is 29.0 Å². The lowest BCUT2D eigenvalue weighted by atomic mass is 10.0. The van der Waals surface area contributed by atoms with Gasteiger partial charge >= 0.3 is 0 Å². The summed E-state index contributed by atoms with van der Waals surface area (Å²) in [5.74, 6) is 0.656. The first-order valence-corrected chi connectivity index (χ1v) is 10.9. The van der Waals surface area contributed by atoms with Gasteiger partial charge in [-0.15, -0.1) is 11.3 Å². The predicted octanol–water partition coefficient (Wildman–Crippen LogP) is 2.49. The number of morpholine rings is 1. The molecule has 0 N–H and O–H groups in total. The highest BCUT2D eigenvalue weighted by atomic mass is 32.1. The number of aromatic nitrogens is 3. The van der Waals surface area contributed by atoms with E-state index in [0.29, 0.717) is 23.5 Å². The second-order valence-corrected chi connectivity index (χ2v) is 8.34. The monoisotopic (exact) mass is 401 g/mol. The van der Waals surface area contributed by atoms with Gasteiger partial charge in [0, 0.05) is 38.1 Å². The minimum Gasteiger partial charge on any atom is -0.378 e. The maximum atomic E-state index is 13.3. The van der Waals surface area contributed by atoms with Crippen LogP contribution in [0.25, 0.3) is 10.8 Å². The first-order chi connectivity index (χ1) is 13.7. The van der Waals surface area contributed by atoms with Crippen LogP contribution in [0.15, 0.2) is 18.5 Å². The molecule has 1 amide bonds. The third kappa shape index (κ3) is 3.81. The molecule has 2 saturated heterocycles. The largest absolute Gasteiger partial charge is 0.378 e. The number of carbonyl (C=O) groups is 1. The Balaban J connectivity index is 1.51. The van der Waals surface area contributed by atoms with Crippen LogP contribution in [0.2, 0.25) is 0 Å².